The highest BCUT2D eigenvalue weighted by atomic mass is 16.5. The van der Waals surface area contributed by atoms with Crippen molar-refractivity contribution in [3.63, 3.8) is 0 Å². The lowest BCUT2D eigenvalue weighted by atomic mass is 10.2. The summed E-state index contributed by atoms with van der Waals surface area (Å²) in [6.45, 7) is 0. The second-order valence-electron chi connectivity index (χ2n) is 4.06. The maximum absolute atomic E-state index is 4.87. The van der Waals surface area contributed by atoms with Crippen LogP contribution in [0.5, 0.6) is 0 Å². The number of fused-ring (bicyclic) bond motifs is 2. The Morgan fingerprint density at radius 2 is 1.47 bits per heavy atom. The van der Waals surface area contributed by atoms with Gasteiger partial charge in [-0.05, 0) is 24.3 Å². The Morgan fingerprint density at radius 1 is 0.737 bits per heavy atom. The minimum Gasteiger partial charge on any atom is -0.356 e. The number of hydrogen-bond donors (Lipinski definition) is 0. The molecule has 4 rings (SSSR count). The summed E-state index contributed by atoms with van der Waals surface area (Å²) in [6.07, 6.45) is 3.51. The summed E-state index contributed by atoms with van der Waals surface area (Å²) >= 11 is 0. The van der Waals surface area contributed by atoms with Crippen molar-refractivity contribution in [2.24, 2.45) is 0 Å². The summed E-state index contributed by atoms with van der Waals surface area (Å²) in [7, 11) is 0. The molecule has 0 unspecified atom stereocenters. The van der Waals surface area contributed by atoms with E-state index < -0.39 is 0 Å². The SMILES string of the molecule is c1ccc2ncccc2c1.c1ccc2oncc2c1. The first kappa shape index (κ1) is 11.4. The lowest BCUT2D eigenvalue weighted by molar-refractivity contribution is 0.456. The first-order chi connectivity index (χ1) is 9.43. The van der Waals surface area contributed by atoms with E-state index in [0.29, 0.717) is 0 Å². The summed E-state index contributed by atoms with van der Waals surface area (Å²) in [5, 5.41) is 5.88. The van der Waals surface area contributed by atoms with Crippen LogP contribution in [0.2, 0.25) is 0 Å². The molecule has 0 aliphatic rings. The number of pyridine rings is 1. The highest BCUT2D eigenvalue weighted by Gasteiger charge is 1.91. The van der Waals surface area contributed by atoms with Gasteiger partial charge in [0.25, 0.3) is 0 Å². The average molecular weight is 248 g/mol. The van der Waals surface area contributed by atoms with Gasteiger partial charge in [-0.15, -0.1) is 0 Å². The summed E-state index contributed by atoms with van der Waals surface area (Å²) in [5.41, 5.74) is 1.91. The van der Waals surface area contributed by atoms with E-state index in [-0.39, 0.29) is 0 Å². The first-order valence-electron chi connectivity index (χ1n) is 6.03. The fourth-order valence-corrected chi connectivity index (χ4v) is 1.83. The molecule has 2 aromatic heterocycles. The number of rotatable bonds is 0. The predicted molar refractivity (Wildman–Crippen MR) is 75.8 cm³/mol. The van der Waals surface area contributed by atoms with Gasteiger partial charge in [0.1, 0.15) is 0 Å². The monoisotopic (exact) mass is 248 g/mol. The second kappa shape index (κ2) is 5.31. The van der Waals surface area contributed by atoms with Crippen molar-refractivity contribution in [3.8, 4) is 0 Å². The van der Waals surface area contributed by atoms with Gasteiger partial charge >= 0.3 is 0 Å². The fourth-order valence-electron chi connectivity index (χ4n) is 1.83. The summed E-state index contributed by atoms with van der Waals surface area (Å²) in [6, 6.07) is 19.8. The Labute approximate surface area is 110 Å². The summed E-state index contributed by atoms with van der Waals surface area (Å²) < 4.78 is 4.87. The topological polar surface area (TPSA) is 38.9 Å². The van der Waals surface area contributed by atoms with E-state index in [1.54, 1.807) is 6.20 Å². The van der Waals surface area contributed by atoms with Crippen molar-refractivity contribution >= 4 is 21.9 Å². The quantitative estimate of drug-likeness (QED) is 0.471. The Morgan fingerprint density at radius 3 is 2.32 bits per heavy atom. The van der Waals surface area contributed by atoms with Crippen molar-refractivity contribution in [3.05, 3.63) is 73.1 Å². The van der Waals surface area contributed by atoms with Crippen molar-refractivity contribution in [2.75, 3.05) is 0 Å². The predicted octanol–water partition coefficient (Wildman–Crippen LogP) is 4.06. The second-order valence-corrected chi connectivity index (χ2v) is 4.06. The smallest absolute Gasteiger partial charge is 0.166 e. The van der Waals surface area contributed by atoms with Gasteiger partial charge in [0.05, 0.1) is 11.7 Å². The molecule has 0 atom stereocenters. The maximum atomic E-state index is 4.87. The van der Waals surface area contributed by atoms with Gasteiger partial charge in [0.2, 0.25) is 0 Å². The van der Waals surface area contributed by atoms with E-state index in [2.05, 4.69) is 22.3 Å². The van der Waals surface area contributed by atoms with E-state index >= 15 is 0 Å². The molecule has 3 nitrogen and oxygen atoms in total. The Balaban J connectivity index is 0.000000117. The zero-order valence-corrected chi connectivity index (χ0v) is 10.2. The van der Waals surface area contributed by atoms with Crippen molar-refractivity contribution in [1.82, 2.24) is 10.1 Å². The van der Waals surface area contributed by atoms with Crippen LogP contribution >= 0.6 is 0 Å². The zero-order valence-electron chi connectivity index (χ0n) is 10.2. The highest BCUT2D eigenvalue weighted by Crippen LogP contribution is 2.10. The molecule has 0 amide bonds. The van der Waals surface area contributed by atoms with Gasteiger partial charge < -0.3 is 4.52 Å². The fraction of sp³-hybridized carbons (Fsp3) is 0. The molecule has 0 saturated heterocycles. The van der Waals surface area contributed by atoms with E-state index in [4.69, 9.17) is 4.52 Å². The molecule has 0 radical (unpaired) electrons. The molecular weight excluding hydrogens is 236 g/mol. The number of hydrogen-bond acceptors (Lipinski definition) is 3. The standard InChI is InChI=1S/C9H7N.C7H5NO/c1-2-6-9-8(4-1)5-3-7-10-9;1-2-4-7-6(3-1)5-8-9-7/h1-7H;1-5H. The van der Waals surface area contributed by atoms with Crippen LogP contribution in [0.3, 0.4) is 0 Å². The van der Waals surface area contributed by atoms with Gasteiger partial charge in [0.15, 0.2) is 5.58 Å². The number of aromatic nitrogens is 2. The van der Waals surface area contributed by atoms with Crippen LogP contribution in [0, 0.1) is 0 Å². The minimum atomic E-state index is 0.845. The molecule has 0 aliphatic carbocycles. The molecule has 92 valence electrons. The highest BCUT2D eigenvalue weighted by molar-refractivity contribution is 5.77. The van der Waals surface area contributed by atoms with Crippen molar-refractivity contribution < 1.29 is 4.52 Å². The molecular formula is C16H12N2O. The van der Waals surface area contributed by atoms with Crippen LogP contribution in [0.4, 0.5) is 0 Å². The molecule has 3 heteroatoms. The zero-order chi connectivity index (χ0) is 12.9. The van der Waals surface area contributed by atoms with Crippen LogP contribution in [-0.2, 0) is 0 Å². The summed E-state index contributed by atoms with van der Waals surface area (Å²) in [5.74, 6) is 0. The lowest BCUT2D eigenvalue weighted by Gasteiger charge is -1.91. The number of para-hydroxylation sites is 2. The van der Waals surface area contributed by atoms with Gasteiger partial charge in [-0.25, -0.2) is 0 Å². The molecule has 0 fully saturated rings. The number of benzene rings is 2. The Hall–Kier alpha value is -2.68. The van der Waals surface area contributed by atoms with Crippen LogP contribution in [0.15, 0.2) is 77.6 Å². The third kappa shape index (κ3) is 2.60. The van der Waals surface area contributed by atoms with E-state index in [1.165, 1.54) is 5.39 Å². The molecule has 0 aliphatic heterocycles. The van der Waals surface area contributed by atoms with Crippen molar-refractivity contribution in [2.45, 2.75) is 0 Å². The lowest BCUT2D eigenvalue weighted by Crippen LogP contribution is -1.73. The van der Waals surface area contributed by atoms with E-state index in [0.717, 1.165) is 16.5 Å². The van der Waals surface area contributed by atoms with E-state index in [1.807, 2.05) is 54.7 Å². The normalized spacial score (nSPS) is 10.1. The molecule has 2 heterocycles. The Bertz CT molecular complexity index is 697. The average Bonchev–Trinajstić information content (AvgIpc) is 2.96. The van der Waals surface area contributed by atoms with Crippen LogP contribution in [-0.4, -0.2) is 10.1 Å². The van der Waals surface area contributed by atoms with E-state index in [9.17, 15) is 0 Å². The molecule has 19 heavy (non-hydrogen) atoms. The first-order valence-corrected chi connectivity index (χ1v) is 6.03. The molecule has 0 bridgehead atoms. The van der Waals surface area contributed by atoms with Crippen LogP contribution < -0.4 is 0 Å². The summed E-state index contributed by atoms with van der Waals surface area (Å²) in [4.78, 5) is 4.18. The van der Waals surface area contributed by atoms with Crippen LogP contribution in [0.25, 0.3) is 21.9 Å². The minimum absolute atomic E-state index is 0.845. The largest absolute Gasteiger partial charge is 0.356 e. The van der Waals surface area contributed by atoms with Gasteiger partial charge in [-0.3, -0.25) is 4.98 Å². The molecule has 0 saturated carbocycles. The molecule has 4 aromatic rings. The van der Waals surface area contributed by atoms with Gasteiger partial charge in [0, 0.05) is 17.0 Å². The van der Waals surface area contributed by atoms with Gasteiger partial charge in [-0.2, -0.15) is 0 Å². The molecule has 2 aromatic carbocycles. The third-order valence-electron chi connectivity index (χ3n) is 2.77. The number of nitrogens with zero attached hydrogens (tertiary/aromatic N) is 2. The maximum Gasteiger partial charge on any atom is 0.166 e. The van der Waals surface area contributed by atoms with Crippen LogP contribution in [0.1, 0.15) is 0 Å². The molecule has 0 N–H and O–H groups in total. The molecule has 0 spiro atoms. The van der Waals surface area contributed by atoms with Crippen molar-refractivity contribution in [1.29, 1.82) is 0 Å². The van der Waals surface area contributed by atoms with Gasteiger partial charge in [-0.1, -0.05) is 41.6 Å². The Kier molecular flexibility index (Phi) is 3.19. The third-order valence-corrected chi connectivity index (χ3v) is 2.77.